The summed E-state index contributed by atoms with van der Waals surface area (Å²) in [7, 11) is 0. The van der Waals surface area contributed by atoms with Gasteiger partial charge in [-0.1, -0.05) is 30.7 Å². The number of thiazole rings is 1. The average molecular weight is 477 g/mol. The lowest BCUT2D eigenvalue weighted by atomic mass is 10.2. The first-order chi connectivity index (χ1) is 15.5. The number of hydrogen-bond acceptors (Lipinski definition) is 7. The molecule has 2 saturated heterocycles. The minimum absolute atomic E-state index is 0.0740. The Morgan fingerprint density at radius 3 is 2.34 bits per heavy atom. The third-order valence-electron chi connectivity index (χ3n) is 6.03. The van der Waals surface area contributed by atoms with Crippen LogP contribution in [0.25, 0.3) is 0 Å². The molecule has 0 radical (unpaired) electrons. The summed E-state index contributed by atoms with van der Waals surface area (Å²) >= 11 is 7.56. The Kier molecular flexibility index (Phi) is 7.62. The zero-order chi connectivity index (χ0) is 22.5. The van der Waals surface area contributed by atoms with Gasteiger partial charge in [-0.3, -0.25) is 14.5 Å². The third-order valence-corrected chi connectivity index (χ3v) is 7.12. The molecular formula is C22H29ClN6O2S. The number of halogens is 1. The van der Waals surface area contributed by atoms with Crippen molar-refractivity contribution in [1.82, 2.24) is 24.6 Å². The highest BCUT2D eigenvalue weighted by atomic mass is 35.5. The summed E-state index contributed by atoms with van der Waals surface area (Å²) in [5.74, 6) is 0.116. The third kappa shape index (κ3) is 5.58. The van der Waals surface area contributed by atoms with Crippen molar-refractivity contribution in [3.8, 4) is 0 Å². The number of amides is 2. The van der Waals surface area contributed by atoms with Crippen LogP contribution in [0, 0.1) is 0 Å². The number of nitrogens with one attached hydrogen (secondary N) is 1. The van der Waals surface area contributed by atoms with E-state index in [9.17, 15) is 9.59 Å². The minimum atomic E-state index is -0.0740. The number of rotatable bonds is 6. The van der Waals surface area contributed by atoms with E-state index in [4.69, 9.17) is 11.6 Å². The molecule has 2 aromatic rings. The lowest BCUT2D eigenvalue weighted by Crippen LogP contribution is -2.54. The van der Waals surface area contributed by atoms with Crippen LogP contribution in [-0.2, 0) is 4.79 Å². The molecule has 10 heteroatoms. The number of carbonyl (C=O) groups is 2. The van der Waals surface area contributed by atoms with E-state index in [2.05, 4.69) is 27.0 Å². The first-order valence-corrected chi connectivity index (χ1v) is 12.3. The van der Waals surface area contributed by atoms with Crippen LogP contribution in [0.3, 0.4) is 0 Å². The van der Waals surface area contributed by atoms with Gasteiger partial charge in [0.05, 0.1) is 17.3 Å². The van der Waals surface area contributed by atoms with Gasteiger partial charge in [-0.05, 0) is 18.7 Å². The second-order valence-electron chi connectivity index (χ2n) is 8.03. The molecule has 0 atom stereocenters. The van der Waals surface area contributed by atoms with E-state index in [-0.39, 0.29) is 11.8 Å². The number of aromatic nitrogens is 1. The van der Waals surface area contributed by atoms with Crippen molar-refractivity contribution >= 4 is 45.6 Å². The Hall–Kier alpha value is -2.20. The fraction of sp³-hybridized carbons (Fsp3) is 0.500. The zero-order valence-electron chi connectivity index (χ0n) is 18.3. The Morgan fingerprint density at radius 1 is 1.00 bits per heavy atom. The number of benzene rings is 1. The van der Waals surface area contributed by atoms with E-state index in [1.165, 1.54) is 11.3 Å². The molecule has 32 heavy (non-hydrogen) atoms. The number of carbonyl (C=O) groups excluding carboxylic acids is 2. The number of anilines is 2. The molecule has 2 amide bonds. The predicted octanol–water partition coefficient (Wildman–Crippen LogP) is 2.46. The maximum atomic E-state index is 12.9. The molecule has 4 rings (SSSR count). The Labute approximate surface area is 197 Å². The lowest BCUT2D eigenvalue weighted by molar-refractivity contribution is -0.134. The molecule has 1 aromatic heterocycles. The van der Waals surface area contributed by atoms with Gasteiger partial charge in [0, 0.05) is 57.7 Å². The molecular weight excluding hydrogens is 448 g/mol. The van der Waals surface area contributed by atoms with Crippen molar-refractivity contribution in [1.29, 1.82) is 0 Å². The van der Waals surface area contributed by atoms with Gasteiger partial charge in [0.25, 0.3) is 5.91 Å². The molecule has 2 aliphatic rings. The second kappa shape index (κ2) is 10.6. The van der Waals surface area contributed by atoms with Gasteiger partial charge in [-0.25, -0.2) is 4.98 Å². The van der Waals surface area contributed by atoms with Crippen molar-refractivity contribution in [3.05, 3.63) is 40.4 Å². The van der Waals surface area contributed by atoms with Crippen molar-refractivity contribution < 1.29 is 9.59 Å². The Bertz CT molecular complexity index is 938. The van der Waals surface area contributed by atoms with E-state index in [1.54, 1.807) is 11.4 Å². The van der Waals surface area contributed by atoms with Gasteiger partial charge in [-0.15, -0.1) is 11.3 Å². The van der Waals surface area contributed by atoms with Crippen LogP contribution in [0.1, 0.15) is 17.4 Å². The number of para-hydroxylation sites is 1. The van der Waals surface area contributed by atoms with Crippen LogP contribution in [-0.4, -0.2) is 102 Å². The van der Waals surface area contributed by atoms with E-state index in [1.807, 2.05) is 28.0 Å². The SMILES string of the molecule is CCN1CCN(C(=O)CN2CCN(C(=O)c3csc(Nc4ccccc4Cl)n3)CC2)CC1. The molecule has 0 aliphatic carbocycles. The van der Waals surface area contributed by atoms with Gasteiger partial charge in [0.1, 0.15) is 5.69 Å². The molecule has 0 bridgehead atoms. The fourth-order valence-corrected chi connectivity index (χ4v) is 4.86. The second-order valence-corrected chi connectivity index (χ2v) is 9.29. The molecule has 3 heterocycles. The molecule has 2 fully saturated rings. The molecule has 1 aromatic carbocycles. The van der Waals surface area contributed by atoms with Crippen LogP contribution in [0.4, 0.5) is 10.8 Å². The Balaban J connectivity index is 1.25. The summed E-state index contributed by atoms with van der Waals surface area (Å²) < 4.78 is 0. The summed E-state index contributed by atoms with van der Waals surface area (Å²) in [5, 5.41) is 6.18. The molecule has 0 saturated carbocycles. The number of hydrogen-bond donors (Lipinski definition) is 1. The van der Waals surface area contributed by atoms with E-state index in [0.717, 1.165) is 38.4 Å². The predicted molar refractivity (Wildman–Crippen MR) is 128 cm³/mol. The average Bonchev–Trinajstić information content (AvgIpc) is 3.29. The molecule has 8 nitrogen and oxygen atoms in total. The summed E-state index contributed by atoms with van der Waals surface area (Å²) in [6.45, 7) is 9.71. The minimum Gasteiger partial charge on any atom is -0.339 e. The monoisotopic (exact) mass is 476 g/mol. The first kappa shape index (κ1) is 23.0. The summed E-state index contributed by atoms with van der Waals surface area (Å²) in [6.07, 6.45) is 0. The van der Waals surface area contributed by atoms with E-state index < -0.39 is 0 Å². The van der Waals surface area contributed by atoms with E-state index >= 15 is 0 Å². The van der Waals surface area contributed by atoms with Gasteiger partial charge in [0.15, 0.2) is 5.13 Å². The van der Waals surface area contributed by atoms with Crippen LogP contribution >= 0.6 is 22.9 Å². The van der Waals surface area contributed by atoms with Gasteiger partial charge >= 0.3 is 0 Å². The number of piperazine rings is 2. The van der Waals surface area contributed by atoms with Gasteiger partial charge in [0.2, 0.25) is 5.91 Å². The first-order valence-electron chi connectivity index (χ1n) is 11.0. The van der Waals surface area contributed by atoms with Crippen LogP contribution in [0.5, 0.6) is 0 Å². The van der Waals surface area contributed by atoms with Crippen LogP contribution < -0.4 is 5.32 Å². The van der Waals surface area contributed by atoms with Crippen molar-refractivity contribution in [2.75, 3.05) is 70.8 Å². The summed E-state index contributed by atoms with van der Waals surface area (Å²) in [4.78, 5) is 38.2. The molecule has 2 aliphatic heterocycles. The standard InChI is InChI=1S/C22H29ClN6O2S/c1-2-26-7-11-28(12-8-26)20(30)15-27-9-13-29(14-10-27)21(31)19-16-32-22(25-19)24-18-6-4-3-5-17(18)23/h3-6,16H,2,7-15H2,1H3,(H,24,25). The lowest BCUT2D eigenvalue weighted by Gasteiger charge is -2.37. The van der Waals surface area contributed by atoms with Crippen LogP contribution in [0.15, 0.2) is 29.6 Å². The number of likely N-dealkylation sites (N-methyl/N-ethyl adjacent to an activating group) is 1. The molecule has 1 N–H and O–H groups in total. The smallest absolute Gasteiger partial charge is 0.273 e. The highest BCUT2D eigenvalue weighted by Gasteiger charge is 2.27. The highest BCUT2D eigenvalue weighted by Crippen LogP contribution is 2.27. The Morgan fingerprint density at radius 2 is 1.66 bits per heavy atom. The fourth-order valence-electron chi connectivity index (χ4n) is 3.98. The maximum Gasteiger partial charge on any atom is 0.273 e. The van der Waals surface area contributed by atoms with Crippen molar-refractivity contribution in [2.45, 2.75) is 6.92 Å². The molecule has 0 unspecified atom stereocenters. The normalized spacial score (nSPS) is 18.1. The summed E-state index contributed by atoms with van der Waals surface area (Å²) in [5.41, 5.74) is 1.19. The quantitative estimate of drug-likeness (QED) is 0.690. The zero-order valence-corrected chi connectivity index (χ0v) is 19.9. The molecule has 0 spiro atoms. The topological polar surface area (TPSA) is 72.0 Å². The van der Waals surface area contributed by atoms with E-state index in [0.29, 0.717) is 48.6 Å². The highest BCUT2D eigenvalue weighted by molar-refractivity contribution is 7.14. The van der Waals surface area contributed by atoms with Gasteiger partial charge < -0.3 is 20.0 Å². The van der Waals surface area contributed by atoms with Gasteiger partial charge in [-0.2, -0.15) is 0 Å². The van der Waals surface area contributed by atoms with Crippen molar-refractivity contribution in [2.24, 2.45) is 0 Å². The largest absolute Gasteiger partial charge is 0.339 e. The summed E-state index contributed by atoms with van der Waals surface area (Å²) in [6, 6.07) is 7.43. The van der Waals surface area contributed by atoms with Crippen LogP contribution in [0.2, 0.25) is 5.02 Å². The molecule has 172 valence electrons. The maximum absolute atomic E-state index is 12.9. The van der Waals surface area contributed by atoms with Crippen molar-refractivity contribution in [3.63, 3.8) is 0 Å². The number of nitrogens with zero attached hydrogens (tertiary/aromatic N) is 5.